The van der Waals surface area contributed by atoms with Crippen molar-refractivity contribution in [3.05, 3.63) is 29.6 Å². The summed E-state index contributed by atoms with van der Waals surface area (Å²) in [6, 6.07) is 4.71. The lowest BCUT2D eigenvalue weighted by molar-refractivity contribution is 0.207. The summed E-state index contributed by atoms with van der Waals surface area (Å²) in [4.78, 5) is 0. The van der Waals surface area contributed by atoms with Crippen molar-refractivity contribution in [3.8, 4) is 5.75 Å². The lowest BCUT2D eigenvalue weighted by atomic mass is 9.77. The maximum Gasteiger partial charge on any atom is 0.131 e. The number of rotatable bonds is 6. The molecular weight excluding hydrogens is 243 g/mol. The van der Waals surface area contributed by atoms with Crippen LogP contribution in [-0.2, 0) is 0 Å². The number of methoxy groups -OCH3 is 1. The molecule has 0 bridgehead atoms. The fourth-order valence-electron chi connectivity index (χ4n) is 2.83. The molecule has 0 amide bonds. The molecule has 19 heavy (non-hydrogen) atoms. The Bertz CT molecular complexity index is 399. The van der Waals surface area contributed by atoms with Crippen molar-refractivity contribution in [2.45, 2.75) is 33.7 Å². The average molecular weight is 268 g/mol. The number of nitrogens with two attached hydrogens (primary N) is 1. The maximum absolute atomic E-state index is 14.2. The highest BCUT2D eigenvalue weighted by Crippen LogP contribution is 2.35. The normalized spacial score (nSPS) is 13.4. The predicted molar refractivity (Wildman–Crippen MR) is 76.2 cm³/mol. The van der Waals surface area contributed by atoms with Crippen molar-refractivity contribution in [2.75, 3.05) is 7.11 Å². The van der Waals surface area contributed by atoms with E-state index in [1.807, 2.05) is 0 Å². The minimum absolute atomic E-state index is 0.203. The van der Waals surface area contributed by atoms with E-state index in [-0.39, 0.29) is 17.8 Å². The third-order valence-electron chi connectivity index (χ3n) is 3.65. The van der Waals surface area contributed by atoms with Crippen molar-refractivity contribution >= 4 is 0 Å². The molecule has 1 atom stereocenters. The first-order valence-electron chi connectivity index (χ1n) is 6.71. The van der Waals surface area contributed by atoms with Gasteiger partial charge in [-0.05, 0) is 23.8 Å². The van der Waals surface area contributed by atoms with Gasteiger partial charge in [0.1, 0.15) is 11.6 Å². The highest BCUT2D eigenvalue weighted by Gasteiger charge is 2.29. The van der Waals surface area contributed by atoms with E-state index in [9.17, 15) is 4.39 Å². The quantitative estimate of drug-likeness (QED) is 0.615. The summed E-state index contributed by atoms with van der Waals surface area (Å²) in [5.74, 6) is 6.97. The van der Waals surface area contributed by atoms with E-state index in [0.29, 0.717) is 23.1 Å². The molecule has 0 saturated carbocycles. The van der Waals surface area contributed by atoms with Crippen molar-refractivity contribution in [1.82, 2.24) is 5.43 Å². The zero-order chi connectivity index (χ0) is 14.6. The Morgan fingerprint density at radius 2 is 1.74 bits per heavy atom. The number of nitrogens with one attached hydrogen (secondary N) is 1. The molecule has 0 aliphatic rings. The van der Waals surface area contributed by atoms with Crippen LogP contribution in [0.5, 0.6) is 5.75 Å². The van der Waals surface area contributed by atoms with Crippen LogP contribution in [0.15, 0.2) is 18.2 Å². The van der Waals surface area contributed by atoms with Crippen molar-refractivity contribution in [2.24, 2.45) is 23.6 Å². The largest absolute Gasteiger partial charge is 0.497 e. The molecule has 0 heterocycles. The molecule has 108 valence electrons. The van der Waals surface area contributed by atoms with E-state index in [4.69, 9.17) is 10.6 Å². The molecule has 0 fully saturated rings. The molecule has 3 N–H and O–H groups in total. The molecule has 0 aliphatic carbocycles. The van der Waals surface area contributed by atoms with Gasteiger partial charge >= 0.3 is 0 Å². The third-order valence-corrected chi connectivity index (χ3v) is 3.65. The van der Waals surface area contributed by atoms with Gasteiger partial charge in [0.15, 0.2) is 0 Å². The number of hydrogen-bond acceptors (Lipinski definition) is 3. The van der Waals surface area contributed by atoms with Crippen molar-refractivity contribution < 1.29 is 9.13 Å². The summed E-state index contributed by atoms with van der Waals surface area (Å²) in [6.45, 7) is 8.54. The van der Waals surface area contributed by atoms with Crippen LogP contribution in [0.25, 0.3) is 0 Å². The predicted octanol–water partition coefficient (Wildman–Crippen LogP) is 3.27. The Morgan fingerprint density at radius 3 is 2.11 bits per heavy atom. The molecule has 0 aromatic heterocycles. The van der Waals surface area contributed by atoms with E-state index < -0.39 is 0 Å². The molecule has 1 rings (SSSR count). The van der Waals surface area contributed by atoms with Gasteiger partial charge in [-0.15, -0.1) is 0 Å². The minimum Gasteiger partial charge on any atom is -0.497 e. The lowest BCUT2D eigenvalue weighted by Crippen LogP contribution is -2.38. The van der Waals surface area contributed by atoms with Crippen LogP contribution in [0.1, 0.15) is 39.3 Å². The van der Waals surface area contributed by atoms with Gasteiger partial charge in [-0.25, -0.2) is 4.39 Å². The SMILES string of the molecule is COc1ccc(C(NN)C(C(C)C)C(C)C)c(F)c1. The average Bonchev–Trinajstić information content (AvgIpc) is 2.35. The van der Waals surface area contributed by atoms with E-state index in [2.05, 4.69) is 33.1 Å². The van der Waals surface area contributed by atoms with Gasteiger partial charge in [-0.1, -0.05) is 33.8 Å². The standard InChI is InChI=1S/C15H25FN2O/c1-9(2)14(10(3)4)15(18-17)12-7-6-11(19-5)8-13(12)16/h6-10,14-15,18H,17H2,1-5H3. The second-order valence-corrected chi connectivity index (χ2v) is 5.60. The van der Waals surface area contributed by atoms with E-state index >= 15 is 0 Å². The summed E-state index contributed by atoms with van der Waals surface area (Å²) in [7, 11) is 1.53. The molecule has 0 saturated heterocycles. The van der Waals surface area contributed by atoms with E-state index in [1.54, 1.807) is 12.1 Å². The minimum atomic E-state index is -0.284. The van der Waals surface area contributed by atoms with Gasteiger partial charge in [0, 0.05) is 11.6 Å². The van der Waals surface area contributed by atoms with Crippen molar-refractivity contribution in [3.63, 3.8) is 0 Å². The molecule has 1 aromatic rings. The summed E-state index contributed by atoms with van der Waals surface area (Å²) in [5, 5.41) is 0. The van der Waals surface area contributed by atoms with E-state index in [0.717, 1.165) is 0 Å². The topological polar surface area (TPSA) is 47.3 Å². The first-order valence-corrected chi connectivity index (χ1v) is 6.71. The fourth-order valence-corrected chi connectivity index (χ4v) is 2.83. The van der Waals surface area contributed by atoms with Gasteiger partial charge in [0.2, 0.25) is 0 Å². The molecule has 3 nitrogen and oxygen atoms in total. The number of benzene rings is 1. The zero-order valence-corrected chi connectivity index (χ0v) is 12.4. The van der Waals surface area contributed by atoms with Gasteiger partial charge < -0.3 is 4.74 Å². The summed E-state index contributed by atoms with van der Waals surface area (Å²) in [5.41, 5.74) is 3.37. The van der Waals surface area contributed by atoms with Gasteiger partial charge in [0.25, 0.3) is 0 Å². The Morgan fingerprint density at radius 1 is 1.16 bits per heavy atom. The van der Waals surface area contributed by atoms with Gasteiger partial charge in [-0.2, -0.15) is 0 Å². The second kappa shape index (κ2) is 6.87. The number of hydrogen-bond donors (Lipinski definition) is 2. The maximum atomic E-state index is 14.2. The van der Waals surface area contributed by atoms with Crippen LogP contribution < -0.4 is 16.0 Å². The summed E-state index contributed by atoms with van der Waals surface area (Å²) in [6.07, 6.45) is 0. The van der Waals surface area contributed by atoms with Crippen LogP contribution in [0.3, 0.4) is 0 Å². The fraction of sp³-hybridized carbons (Fsp3) is 0.600. The molecule has 0 spiro atoms. The molecule has 0 radical (unpaired) electrons. The third kappa shape index (κ3) is 3.67. The van der Waals surface area contributed by atoms with Crippen LogP contribution in [0.4, 0.5) is 4.39 Å². The first kappa shape index (κ1) is 15.9. The van der Waals surface area contributed by atoms with Gasteiger partial charge in [0.05, 0.1) is 13.2 Å². The lowest BCUT2D eigenvalue weighted by Gasteiger charge is -2.33. The zero-order valence-electron chi connectivity index (χ0n) is 12.4. The molecule has 4 heteroatoms. The Labute approximate surface area is 115 Å². The summed E-state index contributed by atoms with van der Waals surface area (Å²) >= 11 is 0. The van der Waals surface area contributed by atoms with E-state index in [1.165, 1.54) is 13.2 Å². The van der Waals surface area contributed by atoms with Crippen LogP contribution in [0.2, 0.25) is 0 Å². The van der Waals surface area contributed by atoms with Crippen LogP contribution in [0, 0.1) is 23.6 Å². The second-order valence-electron chi connectivity index (χ2n) is 5.60. The monoisotopic (exact) mass is 268 g/mol. The Balaban J connectivity index is 3.15. The molecule has 1 unspecified atom stereocenters. The smallest absolute Gasteiger partial charge is 0.131 e. The van der Waals surface area contributed by atoms with Crippen LogP contribution in [-0.4, -0.2) is 7.11 Å². The highest BCUT2D eigenvalue weighted by atomic mass is 19.1. The summed E-state index contributed by atoms with van der Waals surface area (Å²) < 4.78 is 19.2. The number of halogens is 1. The number of ether oxygens (including phenoxy) is 1. The molecular formula is C15H25FN2O. The Kier molecular flexibility index (Phi) is 5.76. The molecule has 1 aromatic carbocycles. The Hall–Kier alpha value is -1.13. The van der Waals surface area contributed by atoms with Crippen LogP contribution >= 0.6 is 0 Å². The molecule has 0 aliphatic heterocycles. The number of hydrazine groups is 1. The van der Waals surface area contributed by atoms with Crippen molar-refractivity contribution in [1.29, 1.82) is 0 Å². The van der Waals surface area contributed by atoms with Gasteiger partial charge in [-0.3, -0.25) is 11.3 Å². The highest BCUT2D eigenvalue weighted by molar-refractivity contribution is 5.31. The first-order chi connectivity index (χ1) is 8.92.